The molecule has 2 nitrogen and oxygen atoms in total. The summed E-state index contributed by atoms with van der Waals surface area (Å²) in [6.45, 7) is 1.12. The van der Waals surface area contributed by atoms with E-state index in [4.69, 9.17) is 0 Å². The second-order valence-electron chi connectivity index (χ2n) is 6.39. The van der Waals surface area contributed by atoms with Crippen LogP contribution in [0, 0.1) is 0 Å². The van der Waals surface area contributed by atoms with Gasteiger partial charge in [-0.3, -0.25) is 4.98 Å². The molecular formula is C22H22N2. The van der Waals surface area contributed by atoms with Crippen molar-refractivity contribution in [3.63, 3.8) is 0 Å². The monoisotopic (exact) mass is 314 g/mol. The maximum atomic E-state index is 4.15. The quantitative estimate of drug-likeness (QED) is 0.651. The second kappa shape index (κ2) is 6.88. The highest BCUT2D eigenvalue weighted by molar-refractivity contribution is 5.90. The van der Waals surface area contributed by atoms with Gasteiger partial charge in [-0.05, 0) is 47.7 Å². The Morgan fingerprint density at radius 2 is 1.75 bits per heavy atom. The van der Waals surface area contributed by atoms with Crippen LogP contribution in [0.15, 0.2) is 73.1 Å². The van der Waals surface area contributed by atoms with E-state index in [0.717, 1.165) is 6.54 Å². The molecule has 3 aromatic rings. The first-order chi connectivity index (χ1) is 11.9. The first-order valence-electron chi connectivity index (χ1n) is 8.74. The molecule has 120 valence electrons. The Bertz CT molecular complexity index is 833. The van der Waals surface area contributed by atoms with Gasteiger partial charge >= 0.3 is 0 Å². The third kappa shape index (κ3) is 3.05. The van der Waals surface area contributed by atoms with Crippen LogP contribution in [-0.2, 0) is 0 Å². The van der Waals surface area contributed by atoms with Crippen LogP contribution in [0.3, 0.4) is 0 Å². The largest absolute Gasteiger partial charge is 0.365 e. The Morgan fingerprint density at radius 3 is 2.67 bits per heavy atom. The van der Waals surface area contributed by atoms with Gasteiger partial charge in [-0.2, -0.15) is 0 Å². The molecule has 1 fully saturated rings. The fourth-order valence-corrected chi connectivity index (χ4v) is 3.62. The summed E-state index contributed by atoms with van der Waals surface area (Å²) in [7, 11) is 0. The van der Waals surface area contributed by atoms with Gasteiger partial charge in [0.25, 0.3) is 0 Å². The van der Waals surface area contributed by atoms with Gasteiger partial charge in [0.2, 0.25) is 0 Å². The molecule has 0 amide bonds. The zero-order valence-corrected chi connectivity index (χ0v) is 13.8. The molecular weight excluding hydrogens is 292 g/mol. The summed E-state index contributed by atoms with van der Waals surface area (Å²) in [6, 6.07) is 19.8. The molecule has 2 heteroatoms. The van der Waals surface area contributed by atoms with Gasteiger partial charge in [0.05, 0.1) is 0 Å². The number of anilines is 1. The van der Waals surface area contributed by atoms with Crippen molar-refractivity contribution in [2.45, 2.75) is 25.3 Å². The van der Waals surface area contributed by atoms with Gasteiger partial charge < -0.3 is 4.90 Å². The summed E-state index contributed by atoms with van der Waals surface area (Å²) in [6.07, 6.45) is 12.2. The molecule has 4 rings (SSSR count). The van der Waals surface area contributed by atoms with Crippen LogP contribution in [0.2, 0.25) is 0 Å². The molecule has 0 aliphatic carbocycles. The van der Waals surface area contributed by atoms with Crippen molar-refractivity contribution in [1.82, 2.24) is 4.98 Å². The summed E-state index contributed by atoms with van der Waals surface area (Å²) < 4.78 is 0. The fourth-order valence-electron chi connectivity index (χ4n) is 3.62. The molecule has 1 aliphatic rings. The van der Waals surface area contributed by atoms with E-state index in [2.05, 4.69) is 76.6 Å². The number of pyridine rings is 1. The minimum absolute atomic E-state index is 0.458. The number of fused-ring (bicyclic) bond motifs is 1. The van der Waals surface area contributed by atoms with Gasteiger partial charge in [0, 0.05) is 30.7 Å². The van der Waals surface area contributed by atoms with Gasteiger partial charge in [-0.15, -0.1) is 0 Å². The topological polar surface area (TPSA) is 16.1 Å². The second-order valence-corrected chi connectivity index (χ2v) is 6.39. The zero-order valence-electron chi connectivity index (χ0n) is 13.8. The molecule has 0 bridgehead atoms. The van der Waals surface area contributed by atoms with Crippen molar-refractivity contribution in [2.24, 2.45) is 0 Å². The van der Waals surface area contributed by atoms with Crippen LogP contribution in [-0.4, -0.2) is 17.6 Å². The summed E-state index contributed by atoms with van der Waals surface area (Å²) in [5.74, 6) is 0. The van der Waals surface area contributed by atoms with E-state index < -0.39 is 0 Å². The lowest BCUT2D eigenvalue weighted by molar-refractivity contribution is 0.515. The molecule has 1 atom stereocenters. The number of rotatable bonds is 3. The fraction of sp³-hybridized carbons (Fsp3) is 0.227. The molecule has 1 aliphatic heterocycles. The summed E-state index contributed by atoms with van der Waals surface area (Å²) in [5, 5.41) is 2.62. The van der Waals surface area contributed by atoms with Crippen LogP contribution < -0.4 is 4.90 Å². The average Bonchev–Trinajstić information content (AvgIpc) is 2.67. The molecule has 0 N–H and O–H groups in total. The number of piperidine rings is 1. The number of nitrogens with zero attached hydrogens (tertiary/aromatic N) is 2. The Hall–Kier alpha value is -2.61. The van der Waals surface area contributed by atoms with E-state index in [1.165, 1.54) is 41.3 Å². The number of hydrogen-bond donors (Lipinski definition) is 0. The Balaban J connectivity index is 1.63. The molecule has 1 aromatic heterocycles. The van der Waals surface area contributed by atoms with Crippen molar-refractivity contribution in [1.29, 1.82) is 0 Å². The van der Waals surface area contributed by atoms with E-state index in [1.807, 2.05) is 12.4 Å². The highest BCUT2D eigenvalue weighted by Crippen LogP contribution is 2.26. The van der Waals surface area contributed by atoms with E-state index in [0.29, 0.717) is 6.04 Å². The molecule has 2 aromatic carbocycles. The lowest BCUT2D eigenvalue weighted by Crippen LogP contribution is -2.38. The average molecular weight is 314 g/mol. The molecule has 1 saturated heterocycles. The molecule has 1 unspecified atom stereocenters. The van der Waals surface area contributed by atoms with Crippen LogP contribution in [0.25, 0.3) is 16.8 Å². The maximum Gasteiger partial charge on any atom is 0.0476 e. The van der Waals surface area contributed by atoms with Crippen LogP contribution >= 0.6 is 0 Å². The normalized spacial score (nSPS) is 18.3. The standard InChI is InChI=1S/C22H22N2/c1-2-10-22-18(6-1)7-5-8-19(22)11-12-20-9-3-4-17-24(20)21-13-15-23-16-14-21/h1-2,5-8,10-16,20H,3-4,9,17H2. The van der Waals surface area contributed by atoms with Crippen LogP contribution in [0.4, 0.5) is 5.69 Å². The molecule has 0 radical (unpaired) electrons. The van der Waals surface area contributed by atoms with E-state index in [-0.39, 0.29) is 0 Å². The van der Waals surface area contributed by atoms with Gasteiger partial charge in [-0.1, -0.05) is 54.6 Å². The predicted octanol–water partition coefficient (Wildman–Crippen LogP) is 5.31. The Labute approximate surface area is 143 Å². The predicted molar refractivity (Wildman–Crippen MR) is 102 cm³/mol. The minimum atomic E-state index is 0.458. The SMILES string of the molecule is C(=CC1CCCCN1c1ccncc1)c1cccc2ccccc12. The van der Waals surface area contributed by atoms with Crippen molar-refractivity contribution < 1.29 is 0 Å². The number of benzene rings is 2. The van der Waals surface area contributed by atoms with Gasteiger partial charge in [0.15, 0.2) is 0 Å². The number of aromatic nitrogens is 1. The van der Waals surface area contributed by atoms with Crippen molar-refractivity contribution in [2.75, 3.05) is 11.4 Å². The van der Waals surface area contributed by atoms with Gasteiger partial charge in [0.1, 0.15) is 0 Å². The summed E-state index contributed by atoms with van der Waals surface area (Å²) in [4.78, 5) is 6.66. The summed E-state index contributed by atoms with van der Waals surface area (Å²) >= 11 is 0. The van der Waals surface area contributed by atoms with E-state index in [9.17, 15) is 0 Å². The number of hydrogen-bond acceptors (Lipinski definition) is 2. The summed E-state index contributed by atoms with van der Waals surface area (Å²) in [5.41, 5.74) is 2.57. The Morgan fingerprint density at radius 1 is 0.917 bits per heavy atom. The highest BCUT2D eigenvalue weighted by Gasteiger charge is 2.20. The zero-order chi connectivity index (χ0) is 16.2. The van der Waals surface area contributed by atoms with Crippen molar-refractivity contribution >= 4 is 22.5 Å². The van der Waals surface area contributed by atoms with Crippen LogP contribution in [0.1, 0.15) is 24.8 Å². The van der Waals surface area contributed by atoms with E-state index in [1.54, 1.807) is 0 Å². The molecule has 24 heavy (non-hydrogen) atoms. The first-order valence-corrected chi connectivity index (χ1v) is 8.74. The first kappa shape index (κ1) is 14.9. The lowest BCUT2D eigenvalue weighted by Gasteiger charge is -2.36. The van der Waals surface area contributed by atoms with Crippen molar-refractivity contribution in [3.05, 3.63) is 78.6 Å². The van der Waals surface area contributed by atoms with Crippen LogP contribution in [0.5, 0.6) is 0 Å². The van der Waals surface area contributed by atoms with Crippen molar-refractivity contribution in [3.8, 4) is 0 Å². The van der Waals surface area contributed by atoms with E-state index >= 15 is 0 Å². The maximum absolute atomic E-state index is 4.15. The Kier molecular flexibility index (Phi) is 4.28. The lowest BCUT2D eigenvalue weighted by atomic mass is 9.98. The molecule has 0 saturated carbocycles. The third-order valence-electron chi connectivity index (χ3n) is 4.86. The minimum Gasteiger partial charge on any atom is -0.365 e. The smallest absolute Gasteiger partial charge is 0.0476 e. The highest BCUT2D eigenvalue weighted by atomic mass is 15.2. The molecule has 0 spiro atoms. The molecule has 2 heterocycles. The third-order valence-corrected chi connectivity index (χ3v) is 4.86. The van der Waals surface area contributed by atoms with Gasteiger partial charge in [-0.25, -0.2) is 0 Å².